The normalized spacial score (nSPS) is 28.5. The Labute approximate surface area is 121 Å². The number of carbonyl (C=O) groups is 1. The summed E-state index contributed by atoms with van der Waals surface area (Å²) in [6.07, 6.45) is 9.06. The van der Waals surface area contributed by atoms with Crippen LogP contribution in [0.3, 0.4) is 0 Å². The van der Waals surface area contributed by atoms with E-state index in [-0.39, 0.29) is 0 Å². The Morgan fingerprint density at radius 2 is 1.35 bits per heavy atom. The van der Waals surface area contributed by atoms with Gasteiger partial charge < -0.3 is 5.11 Å². The minimum Gasteiger partial charge on any atom is -0.508 e. The number of phenols is 1. The number of aromatic hydroxyl groups is 1. The first-order valence-electron chi connectivity index (χ1n) is 8.03. The van der Waals surface area contributed by atoms with E-state index >= 15 is 0 Å². The van der Waals surface area contributed by atoms with E-state index in [9.17, 15) is 9.90 Å². The second-order valence-corrected chi connectivity index (χ2v) is 6.58. The van der Waals surface area contributed by atoms with Crippen LogP contribution in [0.4, 0.5) is 0 Å². The van der Waals surface area contributed by atoms with Crippen LogP contribution in [0.15, 0.2) is 24.3 Å². The third kappa shape index (κ3) is 3.05. The van der Waals surface area contributed by atoms with Gasteiger partial charge in [-0.05, 0) is 74.0 Å². The maximum absolute atomic E-state index is 11.3. The number of ketones is 1. The molecule has 108 valence electrons. The summed E-state index contributed by atoms with van der Waals surface area (Å²) in [5.41, 5.74) is 1.38. The van der Waals surface area contributed by atoms with E-state index in [1.54, 1.807) is 12.1 Å². The van der Waals surface area contributed by atoms with Crippen molar-refractivity contribution in [3.8, 4) is 5.75 Å². The molecular formula is C18H24O2. The summed E-state index contributed by atoms with van der Waals surface area (Å²) in [5, 5.41) is 9.36. The molecule has 2 heteroatoms. The number of hydrogen-bond acceptors (Lipinski definition) is 2. The SMILES string of the molecule is O=C1CCC(C2CCC(c3ccc(O)cc3)CC2)CC1. The molecule has 0 heterocycles. The van der Waals surface area contributed by atoms with Crippen molar-refractivity contribution in [1.29, 1.82) is 0 Å². The molecule has 0 aliphatic heterocycles. The summed E-state index contributed by atoms with van der Waals surface area (Å²) < 4.78 is 0. The summed E-state index contributed by atoms with van der Waals surface area (Å²) in [4.78, 5) is 11.3. The zero-order valence-corrected chi connectivity index (χ0v) is 12.1. The van der Waals surface area contributed by atoms with Crippen molar-refractivity contribution in [3.63, 3.8) is 0 Å². The largest absolute Gasteiger partial charge is 0.508 e. The lowest BCUT2D eigenvalue weighted by Crippen LogP contribution is -2.25. The quantitative estimate of drug-likeness (QED) is 0.865. The highest BCUT2D eigenvalue weighted by Crippen LogP contribution is 2.42. The number of Topliss-reactive ketones (excluding diaryl/α,β-unsaturated/α-hetero) is 1. The molecule has 1 aromatic carbocycles. The molecule has 0 atom stereocenters. The molecule has 0 aromatic heterocycles. The lowest BCUT2D eigenvalue weighted by molar-refractivity contribution is -0.121. The molecule has 0 amide bonds. The highest BCUT2D eigenvalue weighted by Gasteiger charge is 2.30. The molecule has 2 nitrogen and oxygen atoms in total. The van der Waals surface area contributed by atoms with Crippen LogP contribution in [-0.4, -0.2) is 10.9 Å². The van der Waals surface area contributed by atoms with Crippen LogP contribution in [0.2, 0.25) is 0 Å². The summed E-state index contributed by atoms with van der Waals surface area (Å²) >= 11 is 0. The molecule has 0 bridgehead atoms. The number of phenolic OH excluding ortho intramolecular Hbond substituents is 1. The Hall–Kier alpha value is -1.31. The number of hydrogen-bond donors (Lipinski definition) is 1. The average molecular weight is 272 g/mol. The van der Waals surface area contributed by atoms with Gasteiger partial charge in [0, 0.05) is 12.8 Å². The number of benzene rings is 1. The Kier molecular flexibility index (Phi) is 4.09. The molecule has 2 saturated carbocycles. The molecule has 0 radical (unpaired) electrons. The van der Waals surface area contributed by atoms with Gasteiger partial charge in [0.25, 0.3) is 0 Å². The van der Waals surface area contributed by atoms with Crippen LogP contribution in [0.5, 0.6) is 5.75 Å². The van der Waals surface area contributed by atoms with E-state index < -0.39 is 0 Å². The summed E-state index contributed by atoms with van der Waals surface area (Å²) in [6, 6.07) is 7.74. The van der Waals surface area contributed by atoms with Gasteiger partial charge in [-0.2, -0.15) is 0 Å². The van der Waals surface area contributed by atoms with Crippen molar-refractivity contribution in [3.05, 3.63) is 29.8 Å². The maximum Gasteiger partial charge on any atom is 0.132 e. The number of carbonyl (C=O) groups excluding carboxylic acids is 1. The second-order valence-electron chi connectivity index (χ2n) is 6.58. The summed E-state index contributed by atoms with van der Waals surface area (Å²) in [6.45, 7) is 0. The van der Waals surface area contributed by atoms with E-state index in [0.29, 0.717) is 17.5 Å². The Morgan fingerprint density at radius 1 is 0.800 bits per heavy atom. The second kappa shape index (κ2) is 5.99. The third-order valence-corrected chi connectivity index (χ3v) is 5.39. The van der Waals surface area contributed by atoms with Gasteiger partial charge in [0.2, 0.25) is 0 Å². The van der Waals surface area contributed by atoms with Gasteiger partial charge in [0.1, 0.15) is 11.5 Å². The van der Waals surface area contributed by atoms with E-state index in [1.165, 1.54) is 31.2 Å². The molecule has 1 aromatic rings. The van der Waals surface area contributed by atoms with E-state index in [4.69, 9.17) is 0 Å². The van der Waals surface area contributed by atoms with Crippen molar-refractivity contribution >= 4 is 5.78 Å². The number of rotatable bonds is 2. The molecule has 1 N–H and O–H groups in total. The fourth-order valence-electron chi connectivity index (χ4n) is 4.10. The molecule has 3 rings (SSSR count). The van der Waals surface area contributed by atoms with Gasteiger partial charge in [0.05, 0.1) is 0 Å². The van der Waals surface area contributed by atoms with Crippen LogP contribution < -0.4 is 0 Å². The van der Waals surface area contributed by atoms with E-state index in [1.807, 2.05) is 0 Å². The minimum atomic E-state index is 0.356. The average Bonchev–Trinajstić information content (AvgIpc) is 2.49. The van der Waals surface area contributed by atoms with Gasteiger partial charge in [-0.25, -0.2) is 0 Å². The molecule has 2 fully saturated rings. The molecule has 0 spiro atoms. The van der Waals surface area contributed by atoms with Crippen LogP contribution in [0, 0.1) is 11.8 Å². The highest BCUT2D eigenvalue weighted by molar-refractivity contribution is 5.79. The summed E-state index contributed by atoms with van der Waals surface area (Å²) in [7, 11) is 0. The maximum atomic E-state index is 11.3. The third-order valence-electron chi connectivity index (χ3n) is 5.39. The highest BCUT2D eigenvalue weighted by atomic mass is 16.3. The zero-order valence-electron chi connectivity index (χ0n) is 12.1. The predicted octanol–water partition coefficient (Wildman–Crippen LogP) is 4.43. The first-order valence-corrected chi connectivity index (χ1v) is 8.03. The Balaban J connectivity index is 1.54. The van der Waals surface area contributed by atoms with Gasteiger partial charge in [-0.1, -0.05) is 12.1 Å². The first-order chi connectivity index (χ1) is 9.72. The fraction of sp³-hybridized carbons (Fsp3) is 0.611. The Bertz CT molecular complexity index is 445. The minimum absolute atomic E-state index is 0.356. The predicted molar refractivity (Wildman–Crippen MR) is 79.8 cm³/mol. The molecule has 20 heavy (non-hydrogen) atoms. The topological polar surface area (TPSA) is 37.3 Å². The van der Waals surface area contributed by atoms with Crippen LogP contribution >= 0.6 is 0 Å². The summed E-state index contributed by atoms with van der Waals surface area (Å²) in [5.74, 6) is 3.13. The van der Waals surface area contributed by atoms with Crippen LogP contribution in [0.25, 0.3) is 0 Å². The monoisotopic (exact) mass is 272 g/mol. The molecule has 0 saturated heterocycles. The van der Waals surface area contributed by atoms with Crippen molar-refractivity contribution < 1.29 is 9.90 Å². The standard InChI is InChI=1S/C18H24O2/c19-17-9-5-15(6-10-17)13-1-2-14(4-3-13)16-7-11-18(20)12-8-16/h5-6,9-10,13-14,16,19H,1-4,7-8,11-12H2. The van der Waals surface area contributed by atoms with E-state index in [2.05, 4.69) is 12.1 Å². The zero-order chi connectivity index (χ0) is 13.9. The van der Waals surface area contributed by atoms with Gasteiger partial charge >= 0.3 is 0 Å². The van der Waals surface area contributed by atoms with Crippen molar-refractivity contribution in [1.82, 2.24) is 0 Å². The smallest absolute Gasteiger partial charge is 0.132 e. The Morgan fingerprint density at radius 3 is 1.95 bits per heavy atom. The fourth-order valence-corrected chi connectivity index (χ4v) is 4.10. The van der Waals surface area contributed by atoms with Crippen LogP contribution in [-0.2, 0) is 4.79 Å². The molecular weight excluding hydrogens is 248 g/mol. The molecule has 2 aliphatic carbocycles. The molecule has 2 aliphatic rings. The van der Waals surface area contributed by atoms with Crippen LogP contribution in [0.1, 0.15) is 62.8 Å². The van der Waals surface area contributed by atoms with Crippen molar-refractivity contribution in [2.75, 3.05) is 0 Å². The lowest BCUT2D eigenvalue weighted by atomic mass is 9.70. The molecule has 0 unspecified atom stereocenters. The van der Waals surface area contributed by atoms with Gasteiger partial charge in [0.15, 0.2) is 0 Å². The van der Waals surface area contributed by atoms with E-state index in [0.717, 1.165) is 37.5 Å². The van der Waals surface area contributed by atoms with Crippen molar-refractivity contribution in [2.24, 2.45) is 11.8 Å². The van der Waals surface area contributed by atoms with Gasteiger partial charge in [-0.15, -0.1) is 0 Å². The van der Waals surface area contributed by atoms with Gasteiger partial charge in [-0.3, -0.25) is 4.79 Å². The first kappa shape index (κ1) is 13.7. The lowest BCUT2D eigenvalue weighted by Gasteiger charge is -2.35. The van der Waals surface area contributed by atoms with Crippen molar-refractivity contribution in [2.45, 2.75) is 57.3 Å².